The summed E-state index contributed by atoms with van der Waals surface area (Å²) in [5, 5.41) is 11.8. The van der Waals surface area contributed by atoms with Crippen LogP contribution in [0.25, 0.3) is 10.8 Å². The first-order chi connectivity index (χ1) is 12.5. The van der Waals surface area contributed by atoms with E-state index in [4.69, 9.17) is 4.99 Å². The van der Waals surface area contributed by atoms with Gasteiger partial charge in [-0.1, -0.05) is 55.5 Å². The Labute approximate surface area is 156 Å². The van der Waals surface area contributed by atoms with Crippen molar-refractivity contribution in [2.75, 3.05) is 0 Å². The van der Waals surface area contributed by atoms with Crippen LogP contribution >= 0.6 is 11.3 Å². The highest BCUT2D eigenvalue weighted by Gasteiger charge is 2.25. The van der Waals surface area contributed by atoms with Crippen LogP contribution in [0.5, 0.6) is 0 Å². The molecule has 1 aromatic heterocycles. The van der Waals surface area contributed by atoms with E-state index in [1.165, 1.54) is 35.1 Å². The summed E-state index contributed by atoms with van der Waals surface area (Å²) in [6, 6.07) is 12.7. The van der Waals surface area contributed by atoms with E-state index >= 15 is 0 Å². The molecule has 1 saturated carbocycles. The fourth-order valence-electron chi connectivity index (χ4n) is 3.35. The Balaban J connectivity index is 1.89. The zero-order valence-corrected chi connectivity index (χ0v) is 15.8. The molecular formula is C21H22N2O2S. The van der Waals surface area contributed by atoms with Gasteiger partial charge < -0.3 is 9.67 Å². The molecule has 1 aliphatic carbocycles. The van der Waals surface area contributed by atoms with E-state index in [-0.39, 0.29) is 0 Å². The van der Waals surface area contributed by atoms with Gasteiger partial charge in [0.25, 0.3) is 0 Å². The number of carbonyl (C=O) groups is 1. The van der Waals surface area contributed by atoms with Crippen LogP contribution in [-0.4, -0.2) is 15.6 Å². The predicted molar refractivity (Wildman–Crippen MR) is 105 cm³/mol. The highest BCUT2D eigenvalue weighted by Crippen LogP contribution is 2.44. The van der Waals surface area contributed by atoms with Crippen molar-refractivity contribution in [3.63, 3.8) is 0 Å². The molecule has 0 atom stereocenters. The van der Waals surface area contributed by atoms with E-state index in [0.29, 0.717) is 16.7 Å². The van der Waals surface area contributed by atoms with Crippen molar-refractivity contribution in [1.29, 1.82) is 0 Å². The molecular weight excluding hydrogens is 344 g/mol. The molecule has 4 rings (SSSR count). The largest absolute Gasteiger partial charge is 0.477 e. The van der Waals surface area contributed by atoms with Gasteiger partial charge in [-0.15, -0.1) is 0 Å². The molecule has 26 heavy (non-hydrogen) atoms. The number of nitrogens with zero attached hydrogens (tertiary/aromatic N) is 2. The number of rotatable bonds is 5. The van der Waals surface area contributed by atoms with Gasteiger partial charge in [-0.2, -0.15) is 0 Å². The average Bonchev–Trinajstić information content (AvgIpc) is 3.37. The first kappa shape index (κ1) is 17.0. The number of fused-ring (bicyclic) bond motifs is 1. The lowest BCUT2D eigenvalue weighted by Crippen LogP contribution is -2.16. The van der Waals surface area contributed by atoms with Crippen LogP contribution in [0.1, 0.15) is 47.8 Å². The molecule has 1 aliphatic rings. The van der Waals surface area contributed by atoms with Crippen molar-refractivity contribution < 1.29 is 9.90 Å². The number of benzene rings is 2. The number of hydrogen-bond acceptors (Lipinski definition) is 3. The van der Waals surface area contributed by atoms with Gasteiger partial charge in [0.05, 0.1) is 5.69 Å². The molecule has 4 nitrogen and oxygen atoms in total. The number of hydrogen-bond donors (Lipinski definition) is 1. The zero-order valence-electron chi connectivity index (χ0n) is 15.0. The van der Waals surface area contributed by atoms with E-state index in [2.05, 4.69) is 44.2 Å². The van der Waals surface area contributed by atoms with Crippen LogP contribution < -0.4 is 4.80 Å². The van der Waals surface area contributed by atoms with Crippen molar-refractivity contribution in [1.82, 2.24) is 4.57 Å². The normalized spacial score (nSPS) is 15.1. The highest BCUT2D eigenvalue weighted by molar-refractivity contribution is 7.11. The number of aromatic carboxylic acids is 1. The second-order valence-electron chi connectivity index (χ2n) is 7.33. The van der Waals surface area contributed by atoms with Crippen LogP contribution in [0.3, 0.4) is 0 Å². The minimum atomic E-state index is -0.900. The molecule has 0 saturated heterocycles. The van der Waals surface area contributed by atoms with Crippen LogP contribution in [0, 0.1) is 5.92 Å². The third-order valence-corrected chi connectivity index (χ3v) is 5.67. The summed E-state index contributed by atoms with van der Waals surface area (Å²) in [5.41, 5.74) is 2.31. The van der Waals surface area contributed by atoms with Gasteiger partial charge in [0.1, 0.15) is 4.88 Å². The maximum absolute atomic E-state index is 11.4. The first-order valence-corrected chi connectivity index (χ1v) is 9.84. The number of carboxylic acids is 1. The third-order valence-electron chi connectivity index (χ3n) is 4.66. The fourth-order valence-corrected chi connectivity index (χ4v) is 4.20. The number of aromatic nitrogens is 1. The van der Waals surface area contributed by atoms with E-state index in [9.17, 15) is 9.90 Å². The lowest BCUT2D eigenvalue weighted by Gasteiger charge is -2.09. The molecule has 1 heterocycles. The lowest BCUT2D eigenvalue weighted by molar-refractivity contribution is 0.0701. The second-order valence-corrected chi connectivity index (χ2v) is 8.34. The quantitative estimate of drug-likeness (QED) is 0.677. The van der Waals surface area contributed by atoms with Gasteiger partial charge in [-0.05, 0) is 41.7 Å². The molecule has 2 aromatic carbocycles. The summed E-state index contributed by atoms with van der Waals surface area (Å²) in [7, 11) is 0. The molecule has 0 unspecified atom stereocenters. The second kappa shape index (κ2) is 6.72. The highest BCUT2D eigenvalue weighted by atomic mass is 32.1. The average molecular weight is 366 g/mol. The lowest BCUT2D eigenvalue weighted by atomic mass is 10.00. The summed E-state index contributed by atoms with van der Waals surface area (Å²) < 4.78 is 1.96. The van der Waals surface area contributed by atoms with E-state index in [0.717, 1.165) is 22.4 Å². The minimum absolute atomic E-state index is 0.323. The molecule has 0 spiro atoms. The SMILES string of the molecule is CC(C)Cn1cc(C(=O)O)s/c1=N\c1ccc(C2CC2)c2ccccc12. The summed E-state index contributed by atoms with van der Waals surface area (Å²) in [6.45, 7) is 4.99. The van der Waals surface area contributed by atoms with E-state index < -0.39 is 5.97 Å². The zero-order chi connectivity index (χ0) is 18.3. The molecule has 1 fully saturated rings. The molecule has 1 N–H and O–H groups in total. The van der Waals surface area contributed by atoms with Crippen molar-refractivity contribution >= 4 is 33.8 Å². The predicted octanol–water partition coefficient (Wildman–Crippen LogP) is 5.17. The van der Waals surface area contributed by atoms with Gasteiger partial charge in [0, 0.05) is 18.1 Å². The maximum Gasteiger partial charge on any atom is 0.347 e. The maximum atomic E-state index is 11.4. The van der Waals surface area contributed by atoms with Crippen LogP contribution in [0.4, 0.5) is 5.69 Å². The Bertz CT molecular complexity index is 1040. The topological polar surface area (TPSA) is 54.6 Å². The minimum Gasteiger partial charge on any atom is -0.477 e. The van der Waals surface area contributed by atoms with E-state index in [1.54, 1.807) is 6.20 Å². The Kier molecular flexibility index (Phi) is 4.41. The molecule has 134 valence electrons. The van der Waals surface area contributed by atoms with Crippen molar-refractivity contribution in [2.24, 2.45) is 10.9 Å². The molecule has 0 bridgehead atoms. The summed E-state index contributed by atoms with van der Waals surface area (Å²) >= 11 is 1.23. The van der Waals surface area contributed by atoms with Crippen LogP contribution in [0.2, 0.25) is 0 Å². The molecule has 0 amide bonds. The Morgan fingerprint density at radius 3 is 2.62 bits per heavy atom. The molecule has 5 heteroatoms. The van der Waals surface area contributed by atoms with Crippen LogP contribution in [-0.2, 0) is 6.54 Å². The number of carboxylic acid groups (broad SMARTS) is 1. The smallest absolute Gasteiger partial charge is 0.347 e. The van der Waals surface area contributed by atoms with Crippen LogP contribution in [0.15, 0.2) is 47.6 Å². The summed E-state index contributed by atoms with van der Waals surface area (Å²) in [6.07, 6.45) is 4.23. The monoisotopic (exact) mass is 366 g/mol. The van der Waals surface area contributed by atoms with Gasteiger partial charge in [0.2, 0.25) is 0 Å². The molecule has 0 radical (unpaired) electrons. The summed E-state index contributed by atoms with van der Waals surface area (Å²) in [4.78, 5) is 17.3. The van der Waals surface area contributed by atoms with Crippen molar-refractivity contribution in [3.8, 4) is 0 Å². The van der Waals surface area contributed by atoms with Gasteiger partial charge in [-0.25, -0.2) is 9.79 Å². The van der Waals surface area contributed by atoms with Crippen molar-refractivity contribution in [2.45, 2.75) is 39.2 Å². The first-order valence-electron chi connectivity index (χ1n) is 9.03. The van der Waals surface area contributed by atoms with Gasteiger partial charge in [-0.3, -0.25) is 0 Å². The number of thiazole rings is 1. The molecule has 3 aromatic rings. The third kappa shape index (κ3) is 3.31. The Morgan fingerprint density at radius 1 is 1.23 bits per heavy atom. The van der Waals surface area contributed by atoms with Gasteiger partial charge >= 0.3 is 5.97 Å². The Morgan fingerprint density at radius 2 is 1.96 bits per heavy atom. The molecule has 0 aliphatic heterocycles. The van der Waals surface area contributed by atoms with Crippen molar-refractivity contribution in [3.05, 3.63) is 57.8 Å². The van der Waals surface area contributed by atoms with Gasteiger partial charge in [0.15, 0.2) is 4.80 Å². The van der Waals surface area contributed by atoms with E-state index in [1.807, 2.05) is 10.6 Å². The standard InChI is InChI=1S/C21H22N2O2S/c1-13(2)11-23-12-19(20(24)25)26-21(23)22-18-10-9-15(14-7-8-14)16-5-3-4-6-17(16)18/h3-6,9-10,12-14H,7-8,11H2,1-2H3,(H,24,25)/b22-21-. The fraction of sp³-hybridized carbons (Fsp3) is 0.333. The summed E-state index contributed by atoms with van der Waals surface area (Å²) in [5.74, 6) is 0.197. The Hall–Kier alpha value is -2.40.